The average molecular weight is 217 g/mol. The molecule has 84 valence electrons. The van der Waals surface area contributed by atoms with Gasteiger partial charge in [-0.15, -0.1) is 0 Å². The first kappa shape index (κ1) is 12.3. The number of aliphatic hydroxyl groups excluding tert-OH is 1. The fraction of sp³-hybridized carbons (Fsp3) is 1.00. The van der Waals surface area contributed by atoms with Crippen molar-refractivity contribution < 1.29 is 5.11 Å². The molecule has 0 spiro atoms. The molecule has 2 nitrogen and oxygen atoms in total. The van der Waals surface area contributed by atoms with Crippen LogP contribution in [-0.4, -0.2) is 34.8 Å². The lowest BCUT2D eigenvalue weighted by Gasteiger charge is -2.15. The van der Waals surface area contributed by atoms with Crippen LogP contribution in [0.5, 0.6) is 0 Å². The molecule has 1 aliphatic carbocycles. The average Bonchev–Trinajstić information content (AvgIpc) is 2.62. The van der Waals surface area contributed by atoms with Crippen molar-refractivity contribution in [3.05, 3.63) is 0 Å². The Morgan fingerprint density at radius 1 is 1.50 bits per heavy atom. The third-order valence-electron chi connectivity index (χ3n) is 2.75. The molecule has 0 saturated heterocycles. The first-order chi connectivity index (χ1) is 6.76. The van der Waals surface area contributed by atoms with Gasteiger partial charge in [0, 0.05) is 16.5 Å². The summed E-state index contributed by atoms with van der Waals surface area (Å²) >= 11 is 1.95. The molecule has 1 rings (SSSR count). The van der Waals surface area contributed by atoms with Crippen LogP contribution in [-0.2, 0) is 0 Å². The van der Waals surface area contributed by atoms with E-state index >= 15 is 0 Å². The predicted octanol–water partition coefficient (Wildman–Crippen LogP) is 2.02. The van der Waals surface area contributed by atoms with Gasteiger partial charge < -0.3 is 10.4 Å². The molecule has 0 heterocycles. The van der Waals surface area contributed by atoms with Crippen LogP contribution in [0.1, 0.15) is 39.5 Å². The standard InChI is InChI=1S/C11H23NOS/c1-3-6-12-10-4-5-11(7-10)14-9(2)8-13/h9-13H,3-8H2,1-2H3. The molecule has 3 atom stereocenters. The molecule has 0 amide bonds. The second kappa shape index (κ2) is 6.70. The van der Waals surface area contributed by atoms with Gasteiger partial charge in [0.2, 0.25) is 0 Å². The van der Waals surface area contributed by atoms with E-state index in [-0.39, 0.29) is 0 Å². The molecular weight excluding hydrogens is 194 g/mol. The first-order valence-electron chi connectivity index (χ1n) is 5.76. The Morgan fingerprint density at radius 3 is 2.93 bits per heavy atom. The highest BCUT2D eigenvalue weighted by atomic mass is 32.2. The molecule has 1 saturated carbocycles. The molecule has 0 aromatic carbocycles. The third kappa shape index (κ3) is 4.20. The van der Waals surface area contributed by atoms with Crippen LogP contribution in [0.3, 0.4) is 0 Å². The van der Waals surface area contributed by atoms with Crippen molar-refractivity contribution >= 4 is 11.8 Å². The van der Waals surface area contributed by atoms with Gasteiger partial charge >= 0.3 is 0 Å². The second-order valence-corrected chi connectivity index (χ2v) is 5.96. The van der Waals surface area contributed by atoms with Crippen molar-refractivity contribution in [2.45, 2.75) is 56.1 Å². The van der Waals surface area contributed by atoms with Crippen LogP contribution < -0.4 is 5.32 Å². The Bertz CT molecular complexity index is 154. The summed E-state index contributed by atoms with van der Waals surface area (Å²) in [7, 11) is 0. The Labute approximate surface area is 91.9 Å². The van der Waals surface area contributed by atoms with E-state index in [2.05, 4.69) is 19.2 Å². The quantitative estimate of drug-likeness (QED) is 0.714. The summed E-state index contributed by atoms with van der Waals surface area (Å²) in [5, 5.41) is 13.7. The van der Waals surface area contributed by atoms with Crippen molar-refractivity contribution in [3.8, 4) is 0 Å². The van der Waals surface area contributed by atoms with Crippen molar-refractivity contribution in [1.29, 1.82) is 0 Å². The van der Waals surface area contributed by atoms with Gasteiger partial charge in [0.1, 0.15) is 0 Å². The van der Waals surface area contributed by atoms with Gasteiger partial charge in [-0.2, -0.15) is 11.8 Å². The van der Waals surface area contributed by atoms with Crippen molar-refractivity contribution in [2.24, 2.45) is 0 Å². The summed E-state index contributed by atoms with van der Waals surface area (Å²) in [6.45, 7) is 5.78. The van der Waals surface area contributed by atoms with Crippen molar-refractivity contribution in [1.82, 2.24) is 5.32 Å². The number of rotatable bonds is 6. The molecule has 14 heavy (non-hydrogen) atoms. The first-order valence-corrected chi connectivity index (χ1v) is 6.70. The summed E-state index contributed by atoms with van der Waals surface area (Å²) < 4.78 is 0. The highest BCUT2D eigenvalue weighted by Gasteiger charge is 2.25. The molecule has 1 aliphatic rings. The van der Waals surface area contributed by atoms with E-state index < -0.39 is 0 Å². The summed E-state index contributed by atoms with van der Waals surface area (Å²) in [5.41, 5.74) is 0. The van der Waals surface area contributed by atoms with Gasteiger partial charge in [0.05, 0.1) is 6.61 Å². The highest BCUT2D eigenvalue weighted by molar-refractivity contribution is 8.00. The normalized spacial score (nSPS) is 29.4. The second-order valence-electron chi connectivity index (χ2n) is 4.22. The molecule has 0 aromatic rings. The smallest absolute Gasteiger partial charge is 0.0547 e. The maximum Gasteiger partial charge on any atom is 0.0547 e. The fourth-order valence-corrected chi connectivity index (χ4v) is 3.33. The van der Waals surface area contributed by atoms with Crippen LogP contribution in [0, 0.1) is 0 Å². The van der Waals surface area contributed by atoms with Crippen LogP contribution in [0.25, 0.3) is 0 Å². The molecule has 0 radical (unpaired) electrons. The lowest BCUT2D eigenvalue weighted by molar-refractivity contribution is 0.299. The van der Waals surface area contributed by atoms with Gasteiger partial charge in [-0.05, 0) is 32.2 Å². The topological polar surface area (TPSA) is 32.3 Å². The Hall–Kier alpha value is 0.270. The predicted molar refractivity (Wildman–Crippen MR) is 63.9 cm³/mol. The Balaban J connectivity index is 2.13. The van der Waals surface area contributed by atoms with Gasteiger partial charge in [-0.1, -0.05) is 13.8 Å². The zero-order valence-corrected chi connectivity index (χ0v) is 10.1. The minimum atomic E-state index is 0.314. The van der Waals surface area contributed by atoms with Crippen LogP contribution in [0.15, 0.2) is 0 Å². The van der Waals surface area contributed by atoms with E-state index in [1.54, 1.807) is 0 Å². The van der Waals surface area contributed by atoms with Crippen LogP contribution in [0.4, 0.5) is 0 Å². The summed E-state index contributed by atoms with van der Waals surface area (Å²) in [4.78, 5) is 0. The molecule has 1 fully saturated rings. The van der Waals surface area contributed by atoms with E-state index in [1.807, 2.05) is 11.8 Å². The SMILES string of the molecule is CCCNC1CCC(SC(C)CO)C1. The maximum atomic E-state index is 8.97. The van der Waals surface area contributed by atoms with E-state index in [1.165, 1.54) is 25.7 Å². The minimum Gasteiger partial charge on any atom is -0.395 e. The molecule has 2 N–H and O–H groups in total. The third-order valence-corrected chi connectivity index (χ3v) is 4.18. The maximum absolute atomic E-state index is 8.97. The molecule has 3 heteroatoms. The van der Waals surface area contributed by atoms with Gasteiger partial charge in [-0.3, -0.25) is 0 Å². The largest absolute Gasteiger partial charge is 0.395 e. The van der Waals surface area contributed by atoms with E-state index in [9.17, 15) is 0 Å². The van der Waals surface area contributed by atoms with Crippen LogP contribution in [0.2, 0.25) is 0 Å². The molecule has 0 aliphatic heterocycles. The number of thioether (sulfide) groups is 1. The summed E-state index contributed by atoms with van der Waals surface area (Å²) in [5.74, 6) is 0. The number of nitrogens with one attached hydrogen (secondary N) is 1. The van der Waals surface area contributed by atoms with Crippen molar-refractivity contribution in [3.63, 3.8) is 0 Å². The summed E-state index contributed by atoms with van der Waals surface area (Å²) in [6.07, 6.45) is 5.14. The molecule has 3 unspecified atom stereocenters. The fourth-order valence-electron chi connectivity index (χ4n) is 1.97. The van der Waals surface area contributed by atoms with E-state index in [0.717, 1.165) is 17.8 Å². The molecule has 0 aromatic heterocycles. The Kier molecular flexibility index (Phi) is 5.90. The van der Waals surface area contributed by atoms with E-state index in [0.29, 0.717) is 11.9 Å². The van der Waals surface area contributed by atoms with Crippen LogP contribution >= 0.6 is 11.8 Å². The number of hydrogen-bond acceptors (Lipinski definition) is 3. The summed E-state index contributed by atoms with van der Waals surface area (Å²) in [6, 6.07) is 0.735. The number of hydrogen-bond donors (Lipinski definition) is 2. The lowest BCUT2D eigenvalue weighted by atomic mass is 10.2. The Morgan fingerprint density at radius 2 is 2.29 bits per heavy atom. The number of aliphatic hydroxyl groups is 1. The zero-order valence-electron chi connectivity index (χ0n) is 9.33. The molecular formula is C11H23NOS. The van der Waals surface area contributed by atoms with Crippen molar-refractivity contribution in [2.75, 3.05) is 13.2 Å². The van der Waals surface area contributed by atoms with Gasteiger partial charge in [0.15, 0.2) is 0 Å². The van der Waals surface area contributed by atoms with Gasteiger partial charge in [-0.25, -0.2) is 0 Å². The monoisotopic (exact) mass is 217 g/mol. The zero-order chi connectivity index (χ0) is 10.4. The molecule has 0 bridgehead atoms. The lowest BCUT2D eigenvalue weighted by Crippen LogP contribution is -2.27. The minimum absolute atomic E-state index is 0.314. The highest BCUT2D eigenvalue weighted by Crippen LogP contribution is 2.32. The van der Waals surface area contributed by atoms with Gasteiger partial charge in [0.25, 0.3) is 0 Å². The van der Waals surface area contributed by atoms with E-state index in [4.69, 9.17) is 5.11 Å².